The van der Waals surface area contributed by atoms with Crippen molar-refractivity contribution < 1.29 is 5.11 Å². The third-order valence-corrected chi connectivity index (χ3v) is 8.29. The van der Waals surface area contributed by atoms with Crippen LogP contribution in [0.5, 0.6) is 0 Å². The fourth-order valence-electron chi connectivity index (χ4n) is 4.04. The summed E-state index contributed by atoms with van der Waals surface area (Å²) in [7, 11) is 0. The summed E-state index contributed by atoms with van der Waals surface area (Å²) in [4.78, 5) is 6.90. The van der Waals surface area contributed by atoms with Gasteiger partial charge in [0.1, 0.15) is 22.4 Å². The lowest BCUT2D eigenvalue weighted by Crippen LogP contribution is -2.34. The molecule has 9 heteroatoms. The van der Waals surface area contributed by atoms with Gasteiger partial charge in [-0.1, -0.05) is 30.8 Å². The largest absolute Gasteiger partial charge is 0.510 e. The van der Waals surface area contributed by atoms with Crippen LogP contribution in [0, 0.1) is 17.2 Å². The van der Waals surface area contributed by atoms with Crippen molar-refractivity contribution in [1.29, 1.82) is 5.26 Å². The summed E-state index contributed by atoms with van der Waals surface area (Å²) in [5, 5.41) is 30.8. The molecule has 1 N–H and O–H groups in total. The average Bonchev–Trinajstić information content (AvgIpc) is 3.41. The van der Waals surface area contributed by atoms with E-state index in [4.69, 9.17) is 0 Å². The zero-order chi connectivity index (χ0) is 22.2. The predicted octanol–water partition coefficient (Wildman–Crippen LogP) is 5.43. The number of aliphatic hydroxyl groups is 1. The summed E-state index contributed by atoms with van der Waals surface area (Å²) in [6, 6.07) is 10.4. The normalized spacial score (nSPS) is 19.1. The van der Waals surface area contributed by atoms with Crippen LogP contribution in [0.4, 0.5) is 5.95 Å². The van der Waals surface area contributed by atoms with E-state index in [9.17, 15) is 10.4 Å². The maximum Gasteiger partial charge on any atom is 0.228 e. The molecule has 166 valence electrons. The van der Waals surface area contributed by atoms with E-state index in [0.29, 0.717) is 11.0 Å². The van der Waals surface area contributed by atoms with Crippen molar-refractivity contribution >= 4 is 44.8 Å². The molecular weight excluding hydrogens is 440 g/mol. The molecule has 0 spiro atoms. The average molecular weight is 467 g/mol. The Morgan fingerprint density at radius 2 is 1.97 bits per heavy atom. The summed E-state index contributed by atoms with van der Waals surface area (Å²) < 4.78 is 3.24. The Kier molecular flexibility index (Phi) is 5.82. The molecular formula is C23H26N6OS2. The van der Waals surface area contributed by atoms with Gasteiger partial charge >= 0.3 is 0 Å². The van der Waals surface area contributed by atoms with Crippen LogP contribution in [-0.4, -0.2) is 43.2 Å². The highest BCUT2D eigenvalue weighted by Crippen LogP contribution is 2.43. The van der Waals surface area contributed by atoms with Crippen molar-refractivity contribution in [2.75, 3.05) is 18.0 Å². The number of fused-ring (bicyclic) bond motifs is 1. The molecule has 0 amide bonds. The first-order chi connectivity index (χ1) is 15.5. The van der Waals surface area contributed by atoms with Crippen molar-refractivity contribution in [1.82, 2.24) is 19.7 Å². The number of hydrogen-bond donors (Lipinski definition) is 1. The smallest absolute Gasteiger partial charge is 0.228 e. The Balaban J connectivity index is 1.41. The Morgan fingerprint density at radius 3 is 2.66 bits per heavy atom. The van der Waals surface area contributed by atoms with E-state index >= 15 is 0 Å². The van der Waals surface area contributed by atoms with Crippen LogP contribution in [0.2, 0.25) is 0 Å². The van der Waals surface area contributed by atoms with Gasteiger partial charge in [-0.05, 0) is 50.7 Å². The van der Waals surface area contributed by atoms with Crippen LogP contribution < -0.4 is 4.90 Å². The van der Waals surface area contributed by atoms with Gasteiger partial charge in [-0.15, -0.1) is 21.5 Å². The minimum atomic E-state index is -0.340. The number of rotatable bonds is 6. The first-order valence-corrected chi connectivity index (χ1v) is 12.8. The number of piperidine rings is 1. The molecule has 0 bridgehead atoms. The third-order valence-electron chi connectivity index (χ3n) is 6.17. The lowest BCUT2D eigenvalue weighted by molar-refractivity contribution is 0.402. The highest BCUT2D eigenvalue weighted by Gasteiger charge is 2.33. The highest BCUT2D eigenvalue weighted by molar-refractivity contribution is 7.99. The fourth-order valence-corrected chi connectivity index (χ4v) is 5.98. The number of aromatic nitrogens is 4. The minimum absolute atomic E-state index is 0.0373. The van der Waals surface area contributed by atoms with Gasteiger partial charge < -0.3 is 10.0 Å². The highest BCUT2D eigenvalue weighted by atomic mass is 32.2. The topological polar surface area (TPSA) is 90.9 Å². The molecule has 1 atom stereocenters. The van der Waals surface area contributed by atoms with E-state index in [1.54, 1.807) is 0 Å². The Bertz CT molecular complexity index is 1160. The number of nitrogens with zero attached hydrogens (tertiary/aromatic N) is 6. The SMILES string of the molecule is CC1CCN(c2nnc(SC(C)/C(O)=C(\C#N)c3nc4ccccc4s3)n2C2CC2)CC1. The van der Waals surface area contributed by atoms with Gasteiger partial charge in [0.2, 0.25) is 5.95 Å². The molecule has 3 aromatic rings. The van der Waals surface area contributed by atoms with Crippen LogP contribution in [-0.2, 0) is 0 Å². The van der Waals surface area contributed by atoms with E-state index in [1.807, 2.05) is 31.2 Å². The monoisotopic (exact) mass is 466 g/mol. The Labute approximate surface area is 195 Å². The quantitative estimate of drug-likeness (QED) is 0.294. The zero-order valence-corrected chi connectivity index (χ0v) is 19.9. The number of benzene rings is 1. The lowest BCUT2D eigenvalue weighted by Gasteiger charge is -2.31. The van der Waals surface area contributed by atoms with Crippen LogP contribution in [0.3, 0.4) is 0 Å². The molecule has 3 heterocycles. The van der Waals surface area contributed by atoms with E-state index in [1.165, 1.54) is 35.9 Å². The second kappa shape index (κ2) is 8.75. The number of hydrogen-bond acceptors (Lipinski definition) is 8. The lowest BCUT2D eigenvalue weighted by atomic mass is 10.00. The fraction of sp³-hybridized carbons (Fsp3) is 0.478. The van der Waals surface area contributed by atoms with Gasteiger partial charge in [-0.2, -0.15) is 5.26 Å². The first-order valence-electron chi connectivity index (χ1n) is 11.1. The van der Waals surface area contributed by atoms with E-state index in [-0.39, 0.29) is 16.6 Å². The minimum Gasteiger partial charge on any atom is -0.510 e. The molecule has 32 heavy (non-hydrogen) atoms. The molecule has 0 radical (unpaired) electrons. The Hall–Kier alpha value is -2.57. The standard InChI is InChI=1S/C23H26N6OS2/c1-14-9-11-28(12-10-14)22-26-27-23(29(22)16-7-8-16)31-15(2)20(30)17(13-24)21-25-18-5-3-4-6-19(18)32-21/h3-6,14-16,30H,7-12H2,1-2H3/b20-17-. The Morgan fingerprint density at radius 1 is 1.22 bits per heavy atom. The molecule has 5 rings (SSSR count). The molecule has 2 aromatic heterocycles. The maximum atomic E-state index is 11.0. The van der Waals surface area contributed by atoms with Crippen molar-refractivity contribution in [2.24, 2.45) is 5.92 Å². The summed E-state index contributed by atoms with van der Waals surface area (Å²) in [5.41, 5.74) is 1.07. The van der Waals surface area contributed by atoms with E-state index in [0.717, 1.165) is 53.2 Å². The summed E-state index contributed by atoms with van der Waals surface area (Å²) in [6.45, 7) is 6.22. The molecule has 2 aliphatic rings. The van der Waals surface area contributed by atoms with Crippen LogP contribution >= 0.6 is 23.1 Å². The molecule has 7 nitrogen and oxygen atoms in total. The maximum absolute atomic E-state index is 11.0. The van der Waals surface area contributed by atoms with Gasteiger partial charge in [0, 0.05) is 19.1 Å². The van der Waals surface area contributed by atoms with E-state index < -0.39 is 0 Å². The summed E-state index contributed by atoms with van der Waals surface area (Å²) in [5.74, 6) is 1.74. The van der Waals surface area contributed by atoms with Crippen molar-refractivity contribution in [3.63, 3.8) is 0 Å². The number of thiazole rings is 1. The number of aliphatic hydroxyl groups excluding tert-OH is 1. The van der Waals surface area contributed by atoms with Gasteiger partial charge in [0.15, 0.2) is 5.16 Å². The summed E-state index contributed by atoms with van der Waals surface area (Å²) >= 11 is 2.88. The third kappa shape index (κ3) is 4.09. The number of anilines is 1. The molecule has 1 unspecified atom stereocenters. The zero-order valence-electron chi connectivity index (χ0n) is 18.2. The van der Waals surface area contributed by atoms with Crippen LogP contribution in [0.1, 0.15) is 50.6 Å². The van der Waals surface area contributed by atoms with Gasteiger partial charge in [0.05, 0.1) is 15.5 Å². The number of thioether (sulfide) groups is 1. The van der Waals surface area contributed by atoms with Gasteiger partial charge in [-0.3, -0.25) is 4.57 Å². The van der Waals surface area contributed by atoms with Crippen molar-refractivity contribution in [2.45, 2.75) is 56.0 Å². The van der Waals surface area contributed by atoms with E-state index in [2.05, 4.69) is 37.6 Å². The predicted molar refractivity (Wildman–Crippen MR) is 129 cm³/mol. The van der Waals surface area contributed by atoms with Crippen LogP contribution in [0.25, 0.3) is 15.8 Å². The van der Waals surface area contributed by atoms with Crippen molar-refractivity contribution in [3.8, 4) is 6.07 Å². The second-order valence-corrected chi connectivity index (χ2v) is 11.0. The molecule has 1 aromatic carbocycles. The summed E-state index contributed by atoms with van der Waals surface area (Å²) in [6.07, 6.45) is 4.61. The van der Waals surface area contributed by atoms with Crippen molar-refractivity contribution in [3.05, 3.63) is 35.0 Å². The van der Waals surface area contributed by atoms with Gasteiger partial charge in [0.25, 0.3) is 0 Å². The molecule has 1 aliphatic heterocycles. The first kappa shape index (κ1) is 21.3. The molecule has 1 aliphatic carbocycles. The molecule has 1 saturated heterocycles. The van der Waals surface area contributed by atoms with Gasteiger partial charge in [-0.25, -0.2) is 4.98 Å². The molecule has 1 saturated carbocycles. The van der Waals surface area contributed by atoms with Crippen LogP contribution in [0.15, 0.2) is 35.2 Å². The number of nitriles is 1. The molecule has 2 fully saturated rings. The number of allylic oxidation sites excluding steroid dienone is 1. The number of para-hydroxylation sites is 1. The second-order valence-electron chi connectivity index (χ2n) is 8.67.